The summed E-state index contributed by atoms with van der Waals surface area (Å²) in [5.41, 5.74) is 2.13. The highest BCUT2D eigenvalue weighted by Crippen LogP contribution is 2.31. The van der Waals surface area contributed by atoms with E-state index in [1.165, 1.54) is 23.5 Å². The number of aromatic nitrogens is 1. The van der Waals surface area contributed by atoms with Gasteiger partial charge in [-0.15, -0.1) is 11.8 Å². The molecule has 5 nitrogen and oxygen atoms in total. The van der Waals surface area contributed by atoms with E-state index in [1.54, 1.807) is 48.4 Å². The molecule has 1 aliphatic rings. The van der Waals surface area contributed by atoms with Crippen molar-refractivity contribution in [3.63, 3.8) is 0 Å². The number of halogens is 1. The van der Waals surface area contributed by atoms with E-state index in [9.17, 15) is 14.0 Å². The van der Waals surface area contributed by atoms with Crippen molar-refractivity contribution < 1.29 is 13.9 Å². The molecule has 0 radical (unpaired) electrons. The third kappa shape index (κ3) is 4.20. The van der Waals surface area contributed by atoms with Crippen LogP contribution in [-0.4, -0.2) is 23.4 Å². The van der Waals surface area contributed by atoms with Crippen molar-refractivity contribution in [1.82, 2.24) is 4.57 Å². The molecular weight excluding hydrogens is 447 g/mol. The van der Waals surface area contributed by atoms with E-state index in [0.717, 1.165) is 10.5 Å². The molecule has 0 fully saturated rings. The summed E-state index contributed by atoms with van der Waals surface area (Å²) in [6, 6.07) is 13.1. The first-order chi connectivity index (χ1) is 15.4. The molecular formula is C24H21FN2O3S2. The molecule has 0 saturated carbocycles. The molecule has 0 amide bonds. The monoisotopic (exact) mass is 468 g/mol. The van der Waals surface area contributed by atoms with Crippen molar-refractivity contribution in [1.29, 1.82) is 0 Å². The van der Waals surface area contributed by atoms with Crippen LogP contribution in [0.5, 0.6) is 0 Å². The molecule has 1 aromatic heterocycles. The predicted octanol–water partition coefficient (Wildman–Crippen LogP) is 3.66. The smallest absolute Gasteiger partial charge is 0.338 e. The summed E-state index contributed by atoms with van der Waals surface area (Å²) in [6.07, 6.45) is 3.70. The highest BCUT2D eigenvalue weighted by molar-refractivity contribution is 7.98. The Hall–Kier alpha value is -2.97. The molecule has 0 aliphatic carbocycles. The quantitative estimate of drug-likeness (QED) is 0.424. The van der Waals surface area contributed by atoms with Crippen LogP contribution in [-0.2, 0) is 9.53 Å². The summed E-state index contributed by atoms with van der Waals surface area (Å²) in [5, 5.41) is 0. The number of rotatable bonds is 5. The maximum atomic E-state index is 13.5. The minimum atomic E-state index is -0.642. The molecule has 0 saturated heterocycles. The van der Waals surface area contributed by atoms with Crippen LogP contribution in [0.4, 0.5) is 4.39 Å². The first-order valence-electron chi connectivity index (χ1n) is 10.0. The number of thiazole rings is 1. The van der Waals surface area contributed by atoms with E-state index >= 15 is 0 Å². The standard InChI is InChI=1S/C24H21FN2O3S2/c1-4-30-23(29)20-14(2)26-24-27(21(20)16-7-11-18(31-3)12-8-16)22(28)19(32-24)13-15-5-9-17(25)10-6-15/h5-13,21H,4H2,1-3H3/b19-13+. The van der Waals surface area contributed by atoms with Crippen molar-refractivity contribution >= 4 is 35.1 Å². The zero-order valence-corrected chi connectivity index (χ0v) is 19.4. The molecule has 164 valence electrons. The van der Waals surface area contributed by atoms with Crippen LogP contribution in [0.25, 0.3) is 6.08 Å². The lowest BCUT2D eigenvalue weighted by Crippen LogP contribution is -2.39. The number of benzene rings is 2. The Morgan fingerprint density at radius 3 is 2.53 bits per heavy atom. The minimum absolute atomic E-state index is 0.225. The number of carbonyl (C=O) groups excluding carboxylic acids is 1. The summed E-state index contributed by atoms with van der Waals surface area (Å²) < 4.78 is 20.6. The van der Waals surface area contributed by atoms with Crippen LogP contribution < -0.4 is 14.9 Å². The molecule has 2 heterocycles. The molecule has 0 bridgehead atoms. The van der Waals surface area contributed by atoms with Crippen molar-refractivity contribution in [2.75, 3.05) is 12.9 Å². The fraction of sp³-hybridized carbons (Fsp3) is 0.208. The lowest BCUT2D eigenvalue weighted by Gasteiger charge is -2.24. The van der Waals surface area contributed by atoms with E-state index in [1.807, 2.05) is 30.5 Å². The van der Waals surface area contributed by atoms with Crippen molar-refractivity contribution in [3.8, 4) is 0 Å². The maximum absolute atomic E-state index is 13.5. The van der Waals surface area contributed by atoms with E-state index < -0.39 is 12.0 Å². The number of thioether (sulfide) groups is 1. The van der Waals surface area contributed by atoms with Gasteiger partial charge in [-0.05, 0) is 61.6 Å². The second kappa shape index (κ2) is 9.26. The Kier molecular flexibility index (Phi) is 6.43. The summed E-state index contributed by atoms with van der Waals surface area (Å²) in [6.45, 7) is 3.73. The van der Waals surface area contributed by atoms with Gasteiger partial charge in [-0.2, -0.15) is 0 Å². The Bertz CT molecular complexity index is 1370. The van der Waals surface area contributed by atoms with Gasteiger partial charge in [0.2, 0.25) is 0 Å². The zero-order valence-electron chi connectivity index (χ0n) is 17.8. The minimum Gasteiger partial charge on any atom is -0.463 e. The van der Waals surface area contributed by atoms with Crippen LogP contribution in [0.15, 0.2) is 74.5 Å². The highest BCUT2D eigenvalue weighted by Gasteiger charge is 2.33. The second-order valence-electron chi connectivity index (χ2n) is 7.13. The molecule has 2 aromatic carbocycles. The van der Waals surface area contributed by atoms with E-state index in [-0.39, 0.29) is 18.0 Å². The summed E-state index contributed by atoms with van der Waals surface area (Å²) in [7, 11) is 0. The number of fused-ring (bicyclic) bond motifs is 1. The number of ether oxygens (including phenoxy) is 1. The molecule has 3 aromatic rings. The van der Waals surface area contributed by atoms with Crippen LogP contribution in [0.1, 0.15) is 31.0 Å². The van der Waals surface area contributed by atoms with Gasteiger partial charge in [0.05, 0.1) is 28.5 Å². The number of hydrogen-bond acceptors (Lipinski definition) is 6. The first kappa shape index (κ1) is 22.2. The van der Waals surface area contributed by atoms with Crippen molar-refractivity contribution in [3.05, 3.63) is 96.4 Å². The van der Waals surface area contributed by atoms with Gasteiger partial charge >= 0.3 is 5.97 Å². The molecule has 32 heavy (non-hydrogen) atoms. The third-order valence-corrected chi connectivity index (χ3v) is 6.84. The molecule has 0 spiro atoms. The zero-order chi connectivity index (χ0) is 22.8. The van der Waals surface area contributed by atoms with Gasteiger partial charge in [-0.25, -0.2) is 14.2 Å². The topological polar surface area (TPSA) is 60.7 Å². The Labute approximate surface area is 192 Å². The van der Waals surface area contributed by atoms with Gasteiger partial charge in [0.15, 0.2) is 4.80 Å². The molecule has 1 atom stereocenters. The van der Waals surface area contributed by atoms with Gasteiger partial charge in [-0.3, -0.25) is 9.36 Å². The van der Waals surface area contributed by atoms with Gasteiger partial charge in [0, 0.05) is 4.90 Å². The van der Waals surface area contributed by atoms with Crippen LogP contribution in [0, 0.1) is 5.82 Å². The SMILES string of the molecule is CCOC(=O)C1=C(C)N=c2s/c(=C/c3ccc(F)cc3)c(=O)n2C1c1ccc(SC)cc1. The molecule has 1 unspecified atom stereocenters. The molecule has 8 heteroatoms. The van der Waals surface area contributed by atoms with Gasteiger partial charge < -0.3 is 4.74 Å². The Balaban J connectivity index is 1.93. The second-order valence-corrected chi connectivity index (χ2v) is 9.02. The number of esters is 1. The number of nitrogens with zero attached hydrogens (tertiary/aromatic N) is 2. The predicted molar refractivity (Wildman–Crippen MR) is 125 cm³/mol. The van der Waals surface area contributed by atoms with Crippen LogP contribution >= 0.6 is 23.1 Å². The third-order valence-electron chi connectivity index (χ3n) is 5.12. The number of hydrogen-bond donors (Lipinski definition) is 0. The highest BCUT2D eigenvalue weighted by atomic mass is 32.2. The first-order valence-corrected chi connectivity index (χ1v) is 12.1. The maximum Gasteiger partial charge on any atom is 0.338 e. The Morgan fingerprint density at radius 2 is 1.91 bits per heavy atom. The summed E-state index contributed by atoms with van der Waals surface area (Å²) in [4.78, 5) is 32.5. The van der Waals surface area contributed by atoms with E-state index in [2.05, 4.69) is 4.99 Å². The van der Waals surface area contributed by atoms with Gasteiger partial charge in [0.25, 0.3) is 5.56 Å². The normalized spacial score (nSPS) is 16.0. The fourth-order valence-electron chi connectivity index (χ4n) is 3.60. The lowest BCUT2D eigenvalue weighted by atomic mass is 9.96. The molecule has 1 aliphatic heterocycles. The summed E-state index contributed by atoms with van der Waals surface area (Å²) >= 11 is 2.86. The average molecular weight is 469 g/mol. The lowest BCUT2D eigenvalue weighted by molar-refractivity contribution is -0.139. The van der Waals surface area contributed by atoms with Crippen LogP contribution in [0.3, 0.4) is 0 Å². The van der Waals surface area contributed by atoms with Gasteiger partial charge in [0.1, 0.15) is 5.82 Å². The number of allylic oxidation sites excluding steroid dienone is 1. The van der Waals surface area contributed by atoms with Crippen LogP contribution in [0.2, 0.25) is 0 Å². The largest absolute Gasteiger partial charge is 0.463 e. The molecule has 0 N–H and O–H groups in total. The summed E-state index contributed by atoms with van der Waals surface area (Å²) in [5.74, 6) is -0.826. The number of carbonyl (C=O) groups is 1. The Morgan fingerprint density at radius 1 is 1.22 bits per heavy atom. The molecule has 4 rings (SSSR count). The van der Waals surface area contributed by atoms with E-state index in [4.69, 9.17) is 4.74 Å². The van der Waals surface area contributed by atoms with Crippen molar-refractivity contribution in [2.45, 2.75) is 24.8 Å². The van der Waals surface area contributed by atoms with E-state index in [0.29, 0.717) is 26.2 Å². The fourth-order valence-corrected chi connectivity index (χ4v) is 5.06. The average Bonchev–Trinajstić information content (AvgIpc) is 3.09. The van der Waals surface area contributed by atoms with Gasteiger partial charge in [-0.1, -0.05) is 35.6 Å². The van der Waals surface area contributed by atoms with Crippen molar-refractivity contribution in [2.24, 2.45) is 4.99 Å².